The summed E-state index contributed by atoms with van der Waals surface area (Å²) in [6.07, 6.45) is 13.4. The maximum Gasteiger partial charge on any atom is 0.303 e. The van der Waals surface area contributed by atoms with Crippen LogP contribution in [-0.4, -0.2) is 39.3 Å². The molecule has 0 radical (unpaired) electrons. The van der Waals surface area contributed by atoms with E-state index in [-0.39, 0.29) is 30.5 Å². The molecule has 0 spiro atoms. The Balaban J connectivity index is 2.49. The van der Waals surface area contributed by atoms with Crippen LogP contribution in [0.25, 0.3) is 0 Å². The predicted molar refractivity (Wildman–Crippen MR) is 97.0 cm³/mol. The van der Waals surface area contributed by atoms with Crippen molar-refractivity contribution in [3.05, 3.63) is 36.5 Å². The summed E-state index contributed by atoms with van der Waals surface area (Å²) in [5.74, 6) is -1.21. The molecule has 1 saturated carbocycles. The lowest BCUT2D eigenvalue weighted by Gasteiger charge is -2.16. The number of allylic oxidation sites excluding steroid dienone is 3. The van der Waals surface area contributed by atoms with Gasteiger partial charge < -0.3 is 15.3 Å². The maximum absolute atomic E-state index is 12.1. The highest BCUT2D eigenvalue weighted by atomic mass is 16.4. The zero-order chi connectivity index (χ0) is 18.7. The molecular formula is C20H30O5. The van der Waals surface area contributed by atoms with Crippen LogP contribution in [0.4, 0.5) is 0 Å². The summed E-state index contributed by atoms with van der Waals surface area (Å²) in [6, 6.07) is 0. The fourth-order valence-electron chi connectivity index (χ4n) is 3.01. The average molecular weight is 350 g/mol. The van der Waals surface area contributed by atoms with Gasteiger partial charge in [-0.25, -0.2) is 0 Å². The second-order valence-electron chi connectivity index (χ2n) is 6.48. The van der Waals surface area contributed by atoms with Crippen molar-refractivity contribution >= 4 is 11.8 Å². The van der Waals surface area contributed by atoms with E-state index in [0.29, 0.717) is 25.7 Å². The van der Waals surface area contributed by atoms with Crippen LogP contribution in [0.1, 0.15) is 51.9 Å². The monoisotopic (exact) mass is 350 g/mol. The number of carboxylic acid groups (broad SMARTS) is 1. The highest BCUT2D eigenvalue weighted by molar-refractivity contribution is 5.84. The maximum atomic E-state index is 12.1. The Kier molecular flexibility index (Phi) is 10.0. The number of unbranched alkanes of at least 4 members (excludes halogenated alkanes) is 1. The highest BCUT2D eigenvalue weighted by Gasteiger charge is 2.38. The largest absolute Gasteiger partial charge is 0.481 e. The van der Waals surface area contributed by atoms with E-state index in [1.807, 2.05) is 37.3 Å². The lowest BCUT2D eigenvalue weighted by Crippen LogP contribution is -2.18. The van der Waals surface area contributed by atoms with Gasteiger partial charge in [0.05, 0.1) is 12.2 Å². The quantitative estimate of drug-likeness (QED) is 0.393. The van der Waals surface area contributed by atoms with E-state index in [0.717, 1.165) is 6.42 Å². The molecule has 0 bridgehead atoms. The molecule has 3 N–H and O–H groups in total. The number of carbonyl (C=O) groups is 2. The molecule has 1 aliphatic rings. The molecule has 4 atom stereocenters. The molecule has 0 aromatic heterocycles. The Morgan fingerprint density at radius 1 is 1.28 bits per heavy atom. The molecule has 1 fully saturated rings. The summed E-state index contributed by atoms with van der Waals surface area (Å²) in [7, 11) is 0. The number of carboxylic acids is 1. The topological polar surface area (TPSA) is 94.8 Å². The fraction of sp³-hybridized carbons (Fsp3) is 0.600. The van der Waals surface area contributed by atoms with E-state index in [1.165, 1.54) is 0 Å². The van der Waals surface area contributed by atoms with Crippen LogP contribution in [0.15, 0.2) is 36.5 Å². The predicted octanol–water partition coefficient (Wildman–Crippen LogP) is 3.03. The van der Waals surface area contributed by atoms with E-state index >= 15 is 0 Å². The number of ketones is 1. The van der Waals surface area contributed by atoms with Gasteiger partial charge >= 0.3 is 5.97 Å². The van der Waals surface area contributed by atoms with E-state index < -0.39 is 18.2 Å². The van der Waals surface area contributed by atoms with Crippen LogP contribution in [0.3, 0.4) is 0 Å². The normalized spacial score (nSPS) is 25.6. The zero-order valence-electron chi connectivity index (χ0n) is 14.9. The number of Topliss-reactive ketones (excluding diaryl/α,β-unsaturated/α-hetero) is 1. The minimum atomic E-state index is -0.802. The first-order valence-electron chi connectivity index (χ1n) is 9.04. The second kappa shape index (κ2) is 11.8. The molecule has 25 heavy (non-hydrogen) atoms. The molecule has 0 amide bonds. The third-order valence-electron chi connectivity index (χ3n) is 4.38. The van der Waals surface area contributed by atoms with Gasteiger partial charge in [-0.1, -0.05) is 43.4 Å². The SMILES string of the molecule is CC/C=C/C(O)C/C=C/[C@H]1[C@H](O)CC(=O)[C@@H]1C/C=C\CCCC(=O)O. The minimum Gasteiger partial charge on any atom is -0.481 e. The molecule has 1 rings (SSSR count). The van der Waals surface area contributed by atoms with Crippen LogP contribution < -0.4 is 0 Å². The Morgan fingerprint density at radius 3 is 2.72 bits per heavy atom. The molecule has 0 heterocycles. The Hall–Kier alpha value is -1.72. The zero-order valence-corrected chi connectivity index (χ0v) is 14.9. The van der Waals surface area contributed by atoms with Gasteiger partial charge in [-0.3, -0.25) is 9.59 Å². The first-order chi connectivity index (χ1) is 12.0. The van der Waals surface area contributed by atoms with Gasteiger partial charge in [0.25, 0.3) is 0 Å². The molecule has 1 unspecified atom stereocenters. The molecule has 0 aromatic carbocycles. The van der Waals surface area contributed by atoms with Crippen molar-refractivity contribution < 1.29 is 24.9 Å². The summed E-state index contributed by atoms with van der Waals surface area (Å²) in [5.41, 5.74) is 0. The highest BCUT2D eigenvalue weighted by Crippen LogP contribution is 2.33. The minimum absolute atomic E-state index is 0.0590. The summed E-state index contributed by atoms with van der Waals surface area (Å²) in [4.78, 5) is 22.5. The van der Waals surface area contributed by atoms with Crippen molar-refractivity contribution in [2.24, 2.45) is 11.8 Å². The number of carbonyl (C=O) groups excluding carboxylic acids is 1. The van der Waals surface area contributed by atoms with E-state index in [9.17, 15) is 19.8 Å². The van der Waals surface area contributed by atoms with Gasteiger partial charge in [-0.2, -0.15) is 0 Å². The van der Waals surface area contributed by atoms with Gasteiger partial charge in [-0.05, 0) is 32.1 Å². The van der Waals surface area contributed by atoms with Crippen molar-refractivity contribution in [1.29, 1.82) is 0 Å². The Morgan fingerprint density at radius 2 is 2.04 bits per heavy atom. The molecule has 0 aromatic rings. The van der Waals surface area contributed by atoms with Crippen molar-refractivity contribution in [1.82, 2.24) is 0 Å². The lowest BCUT2D eigenvalue weighted by atomic mass is 9.90. The van der Waals surface area contributed by atoms with E-state index in [1.54, 1.807) is 6.08 Å². The van der Waals surface area contributed by atoms with Gasteiger partial charge in [0.2, 0.25) is 0 Å². The Labute approximate surface area is 149 Å². The third-order valence-corrected chi connectivity index (χ3v) is 4.38. The van der Waals surface area contributed by atoms with Crippen molar-refractivity contribution in [3.63, 3.8) is 0 Å². The van der Waals surface area contributed by atoms with Gasteiger partial charge in [0, 0.05) is 24.7 Å². The fourth-order valence-corrected chi connectivity index (χ4v) is 3.01. The van der Waals surface area contributed by atoms with Crippen molar-refractivity contribution in [2.75, 3.05) is 0 Å². The van der Waals surface area contributed by atoms with Crippen LogP contribution in [0, 0.1) is 11.8 Å². The standard InChI is InChI=1S/C20H30O5/c1-2-3-9-15(21)10-8-12-17-16(18(22)14-19(17)23)11-6-4-5-7-13-20(24)25/h3-4,6,8-9,12,15-17,19,21,23H,2,5,7,10-11,13-14H2,1H3,(H,24,25)/b6-4-,9-3+,12-8+/t15?,16-,17-,19-/m1/s1. The van der Waals surface area contributed by atoms with Crippen LogP contribution in [0.2, 0.25) is 0 Å². The molecule has 140 valence electrons. The summed E-state index contributed by atoms with van der Waals surface area (Å²) >= 11 is 0. The summed E-state index contributed by atoms with van der Waals surface area (Å²) < 4.78 is 0. The van der Waals surface area contributed by atoms with E-state index in [4.69, 9.17) is 5.11 Å². The molecule has 5 nitrogen and oxygen atoms in total. The molecule has 5 heteroatoms. The summed E-state index contributed by atoms with van der Waals surface area (Å²) in [6.45, 7) is 2.00. The average Bonchev–Trinajstić information content (AvgIpc) is 2.82. The van der Waals surface area contributed by atoms with Crippen LogP contribution in [-0.2, 0) is 9.59 Å². The number of hydrogen-bond acceptors (Lipinski definition) is 4. The number of hydrogen-bond donors (Lipinski definition) is 3. The first kappa shape index (κ1) is 21.3. The first-order valence-corrected chi connectivity index (χ1v) is 9.04. The number of rotatable bonds is 11. The van der Waals surface area contributed by atoms with Crippen LogP contribution >= 0.6 is 0 Å². The van der Waals surface area contributed by atoms with Crippen molar-refractivity contribution in [2.45, 2.75) is 64.1 Å². The summed E-state index contributed by atoms with van der Waals surface area (Å²) in [5, 5.41) is 28.5. The van der Waals surface area contributed by atoms with E-state index in [2.05, 4.69) is 0 Å². The van der Waals surface area contributed by atoms with Crippen LogP contribution in [0.5, 0.6) is 0 Å². The molecular weight excluding hydrogens is 320 g/mol. The van der Waals surface area contributed by atoms with Gasteiger partial charge in [-0.15, -0.1) is 0 Å². The lowest BCUT2D eigenvalue weighted by molar-refractivity contribution is -0.137. The number of aliphatic carboxylic acids is 1. The van der Waals surface area contributed by atoms with Gasteiger partial charge in [0.1, 0.15) is 5.78 Å². The smallest absolute Gasteiger partial charge is 0.303 e. The number of aliphatic hydroxyl groups excluding tert-OH is 2. The van der Waals surface area contributed by atoms with Gasteiger partial charge in [0.15, 0.2) is 0 Å². The number of aliphatic hydroxyl groups is 2. The molecule has 0 saturated heterocycles. The second-order valence-corrected chi connectivity index (χ2v) is 6.48. The molecule has 0 aliphatic heterocycles. The van der Waals surface area contributed by atoms with Crippen molar-refractivity contribution in [3.8, 4) is 0 Å². The molecule has 1 aliphatic carbocycles. The third kappa shape index (κ3) is 8.27. The Bertz CT molecular complexity index is 506.